The van der Waals surface area contributed by atoms with Gasteiger partial charge in [-0.2, -0.15) is 5.26 Å². The van der Waals surface area contributed by atoms with E-state index in [1.165, 1.54) is 6.07 Å². The van der Waals surface area contributed by atoms with Crippen molar-refractivity contribution < 1.29 is 9.18 Å². The highest BCUT2D eigenvalue weighted by atomic mass is 19.1. The van der Waals surface area contributed by atoms with Gasteiger partial charge in [-0.25, -0.2) is 4.39 Å². The fourth-order valence-corrected chi connectivity index (χ4v) is 2.00. The van der Waals surface area contributed by atoms with Crippen LogP contribution in [0.15, 0.2) is 18.2 Å². The molecule has 0 aliphatic heterocycles. The fourth-order valence-electron chi connectivity index (χ4n) is 2.00. The van der Waals surface area contributed by atoms with Crippen LogP contribution in [0, 0.1) is 23.1 Å². The first kappa shape index (κ1) is 17.1. The monoisotopic (exact) mass is 291 g/mol. The number of likely N-dealkylation sites (N-methyl/N-ethyl adjacent to an activating group) is 1. The number of amides is 1. The predicted molar refractivity (Wildman–Crippen MR) is 79.6 cm³/mol. The van der Waals surface area contributed by atoms with Gasteiger partial charge in [0.2, 0.25) is 5.91 Å². The van der Waals surface area contributed by atoms with Gasteiger partial charge in [-0.1, -0.05) is 26.3 Å². The Kier molecular flexibility index (Phi) is 6.32. The molecule has 1 aromatic carbocycles. The largest absolute Gasteiger partial charge is 0.337 e. The Hall–Kier alpha value is -1.93. The van der Waals surface area contributed by atoms with E-state index in [1.807, 2.05) is 26.8 Å². The maximum absolute atomic E-state index is 13.9. The molecular formula is C16H22FN3O. The summed E-state index contributed by atoms with van der Waals surface area (Å²) in [7, 11) is 0. The molecular weight excluding hydrogens is 269 g/mol. The van der Waals surface area contributed by atoms with Gasteiger partial charge in [-0.05, 0) is 25.0 Å². The molecule has 2 unspecified atom stereocenters. The van der Waals surface area contributed by atoms with Crippen LogP contribution in [-0.4, -0.2) is 23.4 Å². The quantitative estimate of drug-likeness (QED) is 0.875. The van der Waals surface area contributed by atoms with Crippen molar-refractivity contribution in [1.82, 2.24) is 4.90 Å². The van der Waals surface area contributed by atoms with E-state index < -0.39 is 11.9 Å². The van der Waals surface area contributed by atoms with E-state index in [0.29, 0.717) is 12.1 Å². The van der Waals surface area contributed by atoms with Crippen LogP contribution in [-0.2, 0) is 11.3 Å². The van der Waals surface area contributed by atoms with Gasteiger partial charge >= 0.3 is 0 Å². The van der Waals surface area contributed by atoms with Crippen molar-refractivity contribution in [1.29, 1.82) is 5.26 Å². The van der Waals surface area contributed by atoms with Crippen molar-refractivity contribution in [2.75, 3.05) is 6.54 Å². The van der Waals surface area contributed by atoms with E-state index in [0.717, 1.165) is 6.42 Å². The first-order valence-electron chi connectivity index (χ1n) is 7.17. The van der Waals surface area contributed by atoms with Gasteiger partial charge in [0.15, 0.2) is 0 Å². The molecule has 2 N–H and O–H groups in total. The molecule has 0 fully saturated rings. The molecule has 0 saturated heterocycles. The highest BCUT2D eigenvalue weighted by Gasteiger charge is 2.24. The first-order valence-corrected chi connectivity index (χ1v) is 7.17. The number of carbonyl (C=O) groups is 1. The molecule has 0 aliphatic rings. The van der Waals surface area contributed by atoms with Crippen molar-refractivity contribution in [3.05, 3.63) is 35.1 Å². The Balaban J connectivity index is 2.88. The average Bonchev–Trinajstić information content (AvgIpc) is 2.51. The minimum absolute atomic E-state index is 0.0809. The molecule has 5 heteroatoms. The maximum atomic E-state index is 13.9. The van der Waals surface area contributed by atoms with E-state index in [-0.39, 0.29) is 23.9 Å². The van der Waals surface area contributed by atoms with Gasteiger partial charge in [-0.3, -0.25) is 4.79 Å². The number of halogens is 1. The van der Waals surface area contributed by atoms with E-state index >= 15 is 0 Å². The molecule has 0 saturated carbocycles. The van der Waals surface area contributed by atoms with Gasteiger partial charge in [0.25, 0.3) is 0 Å². The molecule has 114 valence electrons. The molecule has 0 spiro atoms. The second-order valence-electron chi connectivity index (χ2n) is 5.18. The highest BCUT2D eigenvalue weighted by Crippen LogP contribution is 2.15. The third kappa shape index (κ3) is 4.27. The topological polar surface area (TPSA) is 70.1 Å². The Morgan fingerprint density at radius 2 is 2.14 bits per heavy atom. The lowest BCUT2D eigenvalue weighted by Crippen LogP contribution is -2.46. The van der Waals surface area contributed by atoms with Crippen molar-refractivity contribution >= 4 is 5.91 Å². The van der Waals surface area contributed by atoms with E-state index in [2.05, 4.69) is 0 Å². The summed E-state index contributed by atoms with van der Waals surface area (Å²) in [6.07, 6.45) is 0.815. The summed E-state index contributed by atoms with van der Waals surface area (Å²) in [6.45, 7) is 6.37. The number of nitrogens with two attached hydrogens (primary N) is 1. The number of hydrogen-bond donors (Lipinski definition) is 1. The number of rotatable bonds is 6. The zero-order chi connectivity index (χ0) is 16.0. The van der Waals surface area contributed by atoms with Gasteiger partial charge in [-0.15, -0.1) is 0 Å². The third-order valence-electron chi connectivity index (χ3n) is 3.78. The van der Waals surface area contributed by atoms with Gasteiger partial charge in [0.1, 0.15) is 5.82 Å². The van der Waals surface area contributed by atoms with Gasteiger partial charge < -0.3 is 10.6 Å². The van der Waals surface area contributed by atoms with Crippen LogP contribution in [0.5, 0.6) is 0 Å². The molecule has 1 aromatic rings. The summed E-state index contributed by atoms with van der Waals surface area (Å²) in [5, 5.41) is 8.73. The number of carbonyl (C=O) groups excluding carboxylic acids is 1. The molecule has 0 radical (unpaired) electrons. The van der Waals surface area contributed by atoms with Gasteiger partial charge in [0.05, 0.1) is 17.7 Å². The van der Waals surface area contributed by atoms with Crippen molar-refractivity contribution in [3.8, 4) is 6.07 Å². The number of benzene rings is 1. The third-order valence-corrected chi connectivity index (χ3v) is 3.78. The number of hydrogen-bond acceptors (Lipinski definition) is 3. The Morgan fingerprint density at radius 1 is 1.48 bits per heavy atom. The summed E-state index contributed by atoms with van der Waals surface area (Å²) in [6, 6.07) is 5.58. The second-order valence-corrected chi connectivity index (χ2v) is 5.18. The van der Waals surface area contributed by atoms with Crippen molar-refractivity contribution in [2.24, 2.45) is 11.7 Å². The van der Waals surface area contributed by atoms with Crippen molar-refractivity contribution in [3.63, 3.8) is 0 Å². The maximum Gasteiger partial charge on any atom is 0.240 e. The molecule has 4 nitrogen and oxygen atoms in total. The zero-order valence-electron chi connectivity index (χ0n) is 12.8. The average molecular weight is 291 g/mol. The summed E-state index contributed by atoms with van der Waals surface area (Å²) < 4.78 is 13.9. The van der Waals surface area contributed by atoms with E-state index in [4.69, 9.17) is 11.0 Å². The Bertz CT molecular complexity index is 539. The lowest BCUT2D eigenvalue weighted by Gasteiger charge is -2.27. The minimum Gasteiger partial charge on any atom is -0.337 e. The second kappa shape index (κ2) is 7.75. The molecule has 21 heavy (non-hydrogen) atoms. The number of nitriles is 1. The standard InChI is InChI=1S/C16H22FN3O/c1-4-11(3)15(19)16(21)20(5-2)10-13-7-6-12(9-18)8-14(13)17/h6-8,11,15H,4-5,10,19H2,1-3H3. The van der Waals surface area contributed by atoms with Crippen LogP contribution in [0.1, 0.15) is 38.3 Å². The summed E-state index contributed by atoms with van der Waals surface area (Å²) >= 11 is 0. The Morgan fingerprint density at radius 3 is 2.62 bits per heavy atom. The highest BCUT2D eigenvalue weighted by molar-refractivity contribution is 5.81. The molecule has 0 heterocycles. The molecule has 1 amide bonds. The van der Waals surface area contributed by atoms with Crippen LogP contribution < -0.4 is 5.73 Å². The van der Waals surface area contributed by atoms with E-state index in [1.54, 1.807) is 17.0 Å². The lowest BCUT2D eigenvalue weighted by molar-refractivity contribution is -0.134. The molecule has 2 atom stereocenters. The minimum atomic E-state index is -0.573. The fraction of sp³-hybridized carbons (Fsp3) is 0.500. The summed E-state index contributed by atoms with van der Waals surface area (Å²) in [5.41, 5.74) is 6.61. The number of nitrogens with zero attached hydrogens (tertiary/aromatic N) is 2. The lowest BCUT2D eigenvalue weighted by atomic mass is 9.98. The molecule has 0 bridgehead atoms. The van der Waals surface area contributed by atoms with Crippen LogP contribution in [0.2, 0.25) is 0 Å². The Labute approximate surface area is 125 Å². The van der Waals surface area contributed by atoms with Gasteiger partial charge in [0, 0.05) is 18.7 Å². The SMILES string of the molecule is CCC(C)C(N)C(=O)N(CC)Cc1ccc(C#N)cc1F. The molecule has 1 rings (SSSR count). The van der Waals surface area contributed by atoms with Crippen LogP contribution >= 0.6 is 0 Å². The smallest absolute Gasteiger partial charge is 0.240 e. The summed E-state index contributed by atoms with van der Waals surface area (Å²) in [5.74, 6) is -0.564. The van der Waals surface area contributed by atoms with E-state index in [9.17, 15) is 9.18 Å². The molecule has 0 aliphatic carbocycles. The predicted octanol–water partition coefficient (Wildman–Crippen LogP) is 2.42. The first-order chi connectivity index (χ1) is 9.94. The van der Waals surface area contributed by atoms with Crippen molar-refractivity contribution in [2.45, 2.75) is 39.8 Å². The van der Waals surface area contributed by atoms with Crippen LogP contribution in [0.25, 0.3) is 0 Å². The summed E-state index contributed by atoms with van der Waals surface area (Å²) in [4.78, 5) is 13.9. The zero-order valence-corrected chi connectivity index (χ0v) is 12.8. The van der Waals surface area contributed by atoms with Crippen LogP contribution in [0.3, 0.4) is 0 Å². The molecule has 0 aromatic heterocycles. The van der Waals surface area contributed by atoms with Crippen LogP contribution in [0.4, 0.5) is 4.39 Å². The normalized spacial score (nSPS) is 13.3.